The molecule has 180 valence electrons. The van der Waals surface area contributed by atoms with Gasteiger partial charge >= 0.3 is 12.0 Å². The maximum Gasteiger partial charge on any atom is 0.338 e. The van der Waals surface area contributed by atoms with Crippen LogP contribution < -0.4 is 25.0 Å². The third kappa shape index (κ3) is 4.94. The summed E-state index contributed by atoms with van der Waals surface area (Å²) in [5.74, 6) is 0.576. The molecule has 1 fully saturated rings. The molecule has 2 aliphatic rings. The molecule has 0 bridgehead atoms. The third-order valence-corrected chi connectivity index (χ3v) is 6.18. The molecule has 1 saturated heterocycles. The molecule has 2 aromatic carbocycles. The molecule has 2 heterocycles. The van der Waals surface area contributed by atoms with Gasteiger partial charge in [0, 0.05) is 44.1 Å². The average Bonchev–Trinajstić information content (AvgIpc) is 2.88. The third-order valence-electron chi connectivity index (χ3n) is 6.18. The maximum atomic E-state index is 12.9. The molecule has 34 heavy (non-hydrogen) atoms. The van der Waals surface area contributed by atoms with Gasteiger partial charge in [-0.25, -0.2) is 9.59 Å². The Labute approximate surface area is 199 Å². The molecule has 2 aliphatic heterocycles. The zero-order valence-electron chi connectivity index (χ0n) is 19.7. The molecule has 9 nitrogen and oxygen atoms in total. The minimum Gasteiger partial charge on any atom is -0.493 e. The summed E-state index contributed by atoms with van der Waals surface area (Å²) in [6.07, 6.45) is 0. The fourth-order valence-electron chi connectivity index (χ4n) is 4.40. The van der Waals surface area contributed by atoms with Crippen molar-refractivity contribution in [3.8, 4) is 11.5 Å². The number of nitrogens with zero attached hydrogens (tertiary/aromatic N) is 2. The first-order chi connectivity index (χ1) is 16.5. The van der Waals surface area contributed by atoms with Crippen molar-refractivity contribution in [1.29, 1.82) is 0 Å². The van der Waals surface area contributed by atoms with Gasteiger partial charge in [-0.2, -0.15) is 0 Å². The molecule has 0 saturated carbocycles. The Morgan fingerprint density at radius 1 is 0.971 bits per heavy atom. The molecule has 1 atom stereocenters. The number of carbonyl (C=O) groups excluding carboxylic acids is 2. The van der Waals surface area contributed by atoms with Gasteiger partial charge in [-0.15, -0.1) is 0 Å². The number of benzene rings is 2. The highest BCUT2D eigenvalue weighted by atomic mass is 16.5. The maximum absolute atomic E-state index is 12.9. The Morgan fingerprint density at radius 2 is 1.68 bits per heavy atom. The molecule has 2 N–H and O–H groups in total. The van der Waals surface area contributed by atoms with Crippen LogP contribution in [-0.2, 0) is 9.53 Å². The van der Waals surface area contributed by atoms with Crippen molar-refractivity contribution >= 4 is 17.7 Å². The summed E-state index contributed by atoms with van der Waals surface area (Å²) in [6.45, 7) is 3.75. The minimum atomic E-state index is -0.679. The number of para-hydroxylation sites is 1. The van der Waals surface area contributed by atoms with E-state index in [0.29, 0.717) is 34.9 Å². The van der Waals surface area contributed by atoms with E-state index in [-0.39, 0.29) is 6.03 Å². The predicted octanol–water partition coefficient (Wildman–Crippen LogP) is 2.31. The number of anilines is 1. The van der Waals surface area contributed by atoms with Gasteiger partial charge in [0.1, 0.15) is 0 Å². The van der Waals surface area contributed by atoms with Crippen LogP contribution in [0.1, 0.15) is 11.6 Å². The lowest BCUT2D eigenvalue weighted by molar-refractivity contribution is -0.136. The number of hydrogen-bond acceptors (Lipinski definition) is 7. The van der Waals surface area contributed by atoms with Crippen molar-refractivity contribution < 1.29 is 23.8 Å². The van der Waals surface area contributed by atoms with Crippen LogP contribution in [0.4, 0.5) is 10.5 Å². The first-order valence-corrected chi connectivity index (χ1v) is 11.2. The van der Waals surface area contributed by atoms with E-state index in [1.165, 1.54) is 12.8 Å². The molecule has 0 aromatic heterocycles. The first kappa shape index (κ1) is 23.4. The highest BCUT2D eigenvalue weighted by Gasteiger charge is 2.35. The fraction of sp³-hybridized carbons (Fsp3) is 0.360. The zero-order valence-corrected chi connectivity index (χ0v) is 19.7. The van der Waals surface area contributed by atoms with Crippen LogP contribution in [0.3, 0.4) is 0 Å². The second kappa shape index (κ2) is 10.5. The van der Waals surface area contributed by atoms with E-state index in [4.69, 9.17) is 14.2 Å². The molecule has 2 aromatic rings. The van der Waals surface area contributed by atoms with Crippen molar-refractivity contribution in [3.63, 3.8) is 0 Å². The Kier molecular flexibility index (Phi) is 7.22. The molecule has 9 heteroatoms. The van der Waals surface area contributed by atoms with Crippen molar-refractivity contribution in [2.45, 2.75) is 6.04 Å². The van der Waals surface area contributed by atoms with Gasteiger partial charge in [0.25, 0.3) is 0 Å². The molecular formula is C25H30N4O5. The van der Waals surface area contributed by atoms with Crippen molar-refractivity contribution in [2.24, 2.45) is 0 Å². The van der Waals surface area contributed by atoms with E-state index in [0.717, 1.165) is 26.2 Å². The Hall–Kier alpha value is -3.72. The summed E-state index contributed by atoms with van der Waals surface area (Å²) in [6, 6.07) is 14.6. The number of esters is 1. The van der Waals surface area contributed by atoms with Crippen LogP contribution in [0, 0.1) is 0 Å². The van der Waals surface area contributed by atoms with Crippen LogP contribution in [0.15, 0.2) is 59.8 Å². The molecule has 4 rings (SSSR count). The second-order valence-electron chi connectivity index (χ2n) is 8.13. The normalized spacial score (nSPS) is 18.7. The molecule has 0 aliphatic carbocycles. The number of methoxy groups -OCH3 is 3. The summed E-state index contributed by atoms with van der Waals surface area (Å²) < 4.78 is 15.8. The van der Waals surface area contributed by atoms with E-state index in [2.05, 4.69) is 32.6 Å². The van der Waals surface area contributed by atoms with Crippen LogP contribution in [0.2, 0.25) is 0 Å². The molecule has 0 radical (unpaired) electrons. The second-order valence-corrected chi connectivity index (χ2v) is 8.13. The summed E-state index contributed by atoms with van der Waals surface area (Å²) in [5, 5.41) is 5.69. The van der Waals surface area contributed by atoms with E-state index in [1.54, 1.807) is 32.4 Å². The van der Waals surface area contributed by atoms with E-state index < -0.39 is 12.0 Å². The summed E-state index contributed by atoms with van der Waals surface area (Å²) >= 11 is 0. The van der Waals surface area contributed by atoms with Gasteiger partial charge in [-0.3, -0.25) is 4.90 Å². The number of urea groups is 1. The number of hydrogen-bond donors (Lipinski definition) is 2. The van der Waals surface area contributed by atoms with E-state index in [9.17, 15) is 9.59 Å². The number of carbonyl (C=O) groups is 2. The molecule has 2 amide bonds. The van der Waals surface area contributed by atoms with Crippen LogP contribution in [-0.4, -0.2) is 71.0 Å². The van der Waals surface area contributed by atoms with Gasteiger partial charge < -0.3 is 29.7 Å². The van der Waals surface area contributed by atoms with Gasteiger partial charge in [0.2, 0.25) is 0 Å². The average molecular weight is 467 g/mol. The number of ether oxygens (including phenoxy) is 3. The number of rotatable bonds is 7. The summed E-state index contributed by atoms with van der Waals surface area (Å²) in [7, 11) is 4.44. The smallest absolute Gasteiger partial charge is 0.338 e. The first-order valence-electron chi connectivity index (χ1n) is 11.2. The van der Waals surface area contributed by atoms with Gasteiger partial charge in [-0.05, 0) is 29.8 Å². The highest BCUT2D eigenvalue weighted by molar-refractivity contribution is 5.95. The zero-order chi connectivity index (χ0) is 24.1. The van der Waals surface area contributed by atoms with Crippen LogP contribution in [0.25, 0.3) is 0 Å². The number of piperazine rings is 1. The van der Waals surface area contributed by atoms with E-state index >= 15 is 0 Å². The molecule has 0 unspecified atom stereocenters. The van der Waals surface area contributed by atoms with Gasteiger partial charge in [-0.1, -0.05) is 24.3 Å². The highest BCUT2D eigenvalue weighted by Crippen LogP contribution is 2.34. The molecular weight excluding hydrogens is 436 g/mol. The van der Waals surface area contributed by atoms with Crippen LogP contribution >= 0.6 is 0 Å². The predicted molar refractivity (Wildman–Crippen MR) is 128 cm³/mol. The molecule has 0 spiro atoms. The minimum absolute atomic E-state index is 0.370. The Morgan fingerprint density at radius 3 is 2.32 bits per heavy atom. The monoisotopic (exact) mass is 466 g/mol. The SMILES string of the molecule is COC(=O)C1=C(CN2CCN(c3ccccc3)CC2)NC(=O)N[C@@H]1c1ccc(OC)c(OC)c1. The number of amides is 2. The lowest BCUT2D eigenvalue weighted by Crippen LogP contribution is -2.51. The van der Waals surface area contributed by atoms with E-state index in [1.807, 2.05) is 18.2 Å². The lowest BCUT2D eigenvalue weighted by atomic mass is 9.94. The van der Waals surface area contributed by atoms with Crippen molar-refractivity contribution in [3.05, 3.63) is 65.4 Å². The fourth-order valence-corrected chi connectivity index (χ4v) is 4.40. The van der Waals surface area contributed by atoms with Crippen molar-refractivity contribution in [2.75, 3.05) is 59.0 Å². The Balaban J connectivity index is 1.58. The summed E-state index contributed by atoms with van der Waals surface area (Å²) in [4.78, 5) is 30.0. The van der Waals surface area contributed by atoms with Crippen LogP contribution in [0.5, 0.6) is 11.5 Å². The standard InChI is InChI=1S/C25H30N4O5/c1-32-20-10-9-17(15-21(20)33-2)23-22(24(30)34-3)19(26-25(31)27-23)16-28-11-13-29(14-12-28)18-7-5-4-6-8-18/h4-10,15,23H,11-14,16H2,1-3H3,(H2,26,27,31)/t23-/m1/s1. The number of nitrogens with one attached hydrogen (secondary N) is 2. The lowest BCUT2D eigenvalue weighted by Gasteiger charge is -2.38. The van der Waals surface area contributed by atoms with Crippen molar-refractivity contribution in [1.82, 2.24) is 15.5 Å². The topological polar surface area (TPSA) is 92.4 Å². The van der Waals surface area contributed by atoms with Gasteiger partial charge in [0.05, 0.1) is 32.9 Å². The van der Waals surface area contributed by atoms with Gasteiger partial charge in [0.15, 0.2) is 11.5 Å². The largest absolute Gasteiger partial charge is 0.493 e. The summed E-state index contributed by atoms with van der Waals surface area (Å²) in [5.41, 5.74) is 2.81. The quantitative estimate of drug-likeness (QED) is 0.605. The Bertz CT molecular complexity index is 1060.